The van der Waals surface area contributed by atoms with Crippen molar-refractivity contribution in [3.05, 3.63) is 23.8 Å². The molecule has 0 saturated heterocycles. The monoisotopic (exact) mass is 283 g/mol. The number of amides is 1. The van der Waals surface area contributed by atoms with E-state index in [1.807, 2.05) is 6.92 Å². The van der Waals surface area contributed by atoms with E-state index in [1.165, 1.54) is 7.11 Å². The van der Waals surface area contributed by atoms with Crippen LogP contribution in [0.1, 0.15) is 24.2 Å². The Hall–Kier alpha value is -1.79. The first-order valence-corrected chi connectivity index (χ1v) is 6.34. The van der Waals surface area contributed by atoms with Gasteiger partial charge in [-0.15, -0.1) is 0 Å². The number of hydrogen-bond donors (Lipinski definition) is 3. The molecule has 1 amide bonds. The molecular formula is C14H21NO5. The number of aliphatic hydroxyl groups is 2. The van der Waals surface area contributed by atoms with Gasteiger partial charge in [0.05, 0.1) is 32.5 Å². The molecule has 0 spiro atoms. The van der Waals surface area contributed by atoms with Crippen LogP contribution < -0.4 is 14.8 Å². The number of ether oxygens (including phenoxy) is 2. The summed E-state index contributed by atoms with van der Waals surface area (Å²) in [5.74, 6) is 0.604. The summed E-state index contributed by atoms with van der Waals surface area (Å²) in [6, 6.07) is 4.79. The molecule has 0 aliphatic heterocycles. The summed E-state index contributed by atoms with van der Waals surface area (Å²) in [5.41, 5.74) is -0.703. The SMILES string of the molecule is CCOc1cc(C(=O)NC(C)(CO)CO)ccc1OC. The standard InChI is InChI=1S/C14H21NO5/c1-4-20-12-7-10(5-6-11(12)19-3)13(18)15-14(2,8-16)9-17/h5-7,16-17H,4,8-9H2,1-3H3,(H,15,18). The molecule has 0 aliphatic carbocycles. The molecule has 0 unspecified atom stereocenters. The average molecular weight is 283 g/mol. The third-order valence-corrected chi connectivity index (χ3v) is 2.84. The lowest BCUT2D eigenvalue weighted by atomic mass is 10.0. The molecule has 1 aromatic rings. The largest absolute Gasteiger partial charge is 0.493 e. The highest BCUT2D eigenvalue weighted by molar-refractivity contribution is 5.95. The zero-order chi connectivity index (χ0) is 15.2. The van der Waals surface area contributed by atoms with Gasteiger partial charge in [-0.3, -0.25) is 4.79 Å². The molecule has 1 rings (SSSR count). The van der Waals surface area contributed by atoms with Crippen LogP contribution >= 0.6 is 0 Å². The van der Waals surface area contributed by atoms with Crippen LogP contribution in [0.4, 0.5) is 0 Å². The summed E-state index contributed by atoms with van der Waals surface area (Å²) in [4.78, 5) is 12.1. The number of hydrogen-bond acceptors (Lipinski definition) is 5. The second-order valence-electron chi connectivity index (χ2n) is 4.63. The normalized spacial score (nSPS) is 11.1. The summed E-state index contributed by atoms with van der Waals surface area (Å²) >= 11 is 0. The number of benzene rings is 1. The van der Waals surface area contributed by atoms with Crippen LogP contribution in [-0.2, 0) is 0 Å². The van der Waals surface area contributed by atoms with Crippen molar-refractivity contribution in [2.75, 3.05) is 26.9 Å². The van der Waals surface area contributed by atoms with Crippen molar-refractivity contribution < 1.29 is 24.5 Å². The number of carbonyl (C=O) groups excluding carboxylic acids is 1. The zero-order valence-corrected chi connectivity index (χ0v) is 12.0. The summed E-state index contributed by atoms with van der Waals surface area (Å²) in [5, 5.41) is 20.9. The van der Waals surface area contributed by atoms with Gasteiger partial charge in [-0.25, -0.2) is 0 Å². The van der Waals surface area contributed by atoms with Crippen molar-refractivity contribution in [1.29, 1.82) is 0 Å². The molecular weight excluding hydrogens is 262 g/mol. The second-order valence-corrected chi connectivity index (χ2v) is 4.63. The Labute approximate surface area is 118 Å². The van der Waals surface area contributed by atoms with E-state index in [1.54, 1.807) is 25.1 Å². The van der Waals surface area contributed by atoms with Gasteiger partial charge in [-0.1, -0.05) is 0 Å². The third kappa shape index (κ3) is 3.85. The Bertz CT molecular complexity index is 457. The van der Waals surface area contributed by atoms with Crippen LogP contribution in [-0.4, -0.2) is 48.6 Å². The van der Waals surface area contributed by atoms with Gasteiger partial charge in [0, 0.05) is 5.56 Å². The number of rotatable bonds is 7. The molecule has 0 aromatic heterocycles. The molecule has 6 nitrogen and oxygen atoms in total. The smallest absolute Gasteiger partial charge is 0.252 e. The summed E-state index contributed by atoms with van der Waals surface area (Å²) in [7, 11) is 1.52. The first-order chi connectivity index (χ1) is 9.49. The van der Waals surface area contributed by atoms with Crippen molar-refractivity contribution in [2.24, 2.45) is 0 Å². The number of nitrogens with one attached hydrogen (secondary N) is 1. The first-order valence-electron chi connectivity index (χ1n) is 6.34. The van der Waals surface area contributed by atoms with Gasteiger partial charge in [0.1, 0.15) is 0 Å². The quantitative estimate of drug-likeness (QED) is 0.681. The highest BCUT2D eigenvalue weighted by Gasteiger charge is 2.25. The molecule has 0 fully saturated rings. The predicted octanol–water partition coefficient (Wildman–Crippen LogP) is 0.567. The Kier molecular flexibility index (Phi) is 5.79. The van der Waals surface area contributed by atoms with Crippen LogP contribution in [0.3, 0.4) is 0 Å². The maximum atomic E-state index is 12.1. The molecule has 112 valence electrons. The minimum atomic E-state index is -1.07. The van der Waals surface area contributed by atoms with E-state index in [4.69, 9.17) is 9.47 Å². The van der Waals surface area contributed by atoms with Gasteiger partial charge < -0.3 is 25.0 Å². The molecule has 3 N–H and O–H groups in total. The minimum absolute atomic E-state index is 0.357. The summed E-state index contributed by atoms with van der Waals surface area (Å²) in [6.07, 6.45) is 0. The zero-order valence-electron chi connectivity index (χ0n) is 12.0. The van der Waals surface area contributed by atoms with Gasteiger partial charge >= 0.3 is 0 Å². The van der Waals surface area contributed by atoms with Gasteiger partial charge in [-0.2, -0.15) is 0 Å². The van der Waals surface area contributed by atoms with Gasteiger partial charge in [-0.05, 0) is 32.0 Å². The summed E-state index contributed by atoms with van der Waals surface area (Å²) in [6.45, 7) is 3.12. The maximum absolute atomic E-state index is 12.1. The van der Waals surface area contributed by atoms with Gasteiger partial charge in [0.25, 0.3) is 5.91 Å². The Morgan fingerprint density at radius 2 is 1.95 bits per heavy atom. The molecule has 0 saturated carbocycles. The molecule has 6 heteroatoms. The molecule has 0 radical (unpaired) electrons. The molecule has 0 heterocycles. The van der Waals surface area contributed by atoms with Gasteiger partial charge in [0.2, 0.25) is 0 Å². The Morgan fingerprint density at radius 1 is 1.30 bits per heavy atom. The number of aliphatic hydroxyl groups excluding tert-OH is 2. The molecule has 1 aromatic carbocycles. The highest BCUT2D eigenvalue weighted by Crippen LogP contribution is 2.28. The van der Waals surface area contributed by atoms with Crippen LogP contribution in [0.15, 0.2) is 18.2 Å². The maximum Gasteiger partial charge on any atom is 0.252 e. The van der Waals surface area contributed by atoms with Crippen LogP contribution in [0.5, 0.6) is 11.5 Å². The fourth-order valence-corrected chi connectivity index (χ4v) is 1.56. The minimum Gasteiger partial charge on any atom is -0.493 e. The molecule has 0 atom stereocenters. The lowest BCUT2D eigenvalue weighted by Gasteiger charge is -2.26. The van der Waals surface area contributed by atoms with Crippen molar-refractivity contribution in [2.45, 2.75) is 19.4 Å². The van der Waals surface area contributed by atoms with E-state index in [9.17, 15) is 15.0 Å². The summed E-state index contributed by atoms with van der Waals surface area (Å²) < 4.78 is 10.5. The van der Waals surface area contributed by atoms with Crippen molar-refractivity contribution in [3.8, 4) is 11.5 Å². The van der Waals surface area contributed by atoms with E-state index in [2.05, 4.69) is 5.32 Å². The first kappa shape index (κ1) is 16.3. The fraction of sp³-hybridized carbons (Fsp3) is 0.500. The van der Waals surface area contributed by atoms with E-state index in [-0.39, 0.29) is 13.2 Å². The van der Waals surface area contributed by atoms with Crippen LogP contribution in [0.2, 0.25) is 0 Å². The molecule has 0 bridgehead atoms. The van der Waals surface area contributed by atoms with Crippen molar-refractivity contribution >= 4 is 5.91 Å². The predicted molar refractivity (Wildman–Crippen MR) is 74.2 cm³/mol. The Morgan fingerprint density at radius 3 is 2.45 bits per heavy atom. The fourth-order valence-electron chi connectivity index (χ4n) is 1.56. The third-order valence-electron chi connectivity index (χ3n) is 2.84. The van der Waals surface area contributed by atoms with E-state index >= 15 is 0 Å². The van der Waals surface area contributed by atoms with Crippen molar-refractivity contribution in [1.82, 2.24) is 5.32 Å². The molecule has 20 heavy (non-hydrogen) atoms. The Balaban J connectivity index is 2.96. The average Bonchev–Trinajstić information content (AvgIpc) is 2.47. The van der Waals surface area contributed by atoms with Crippen LogP contribution in [0, 0.1) is 0 Å². The van der Waals surface area contributed by atoms with Crippen LogP contribution in [0.25, 0.3) is 0 Å². The lowest BCUT2D eigenvalue weighted by molar-refractivity contribution is 0.0723. The second kappa shape index (κ2) is 7.12. The molecule has 0 aliphatic rings. The highest BCUT2D eigenvalue weighted by atomic mass is 16.5. The topological polar surface area (TPSA) is 88.0 Å². The lowest BCUT2D eigenvalue weighted by Crippen LogP contribution is -2.51. The number of methoxy groups -OCH3 is 1. The van der Waals surface area contributed by atoms with E-state index in [0.29, 0.717) is 23.7 Å². The van der Waals surface area contributed by atoms with E-state index < -0.39 is 11.4 Å². The van der Waals surface area contributed by atoms with E-state index in [0.717, 1.165) is 0 Å². The van der Waals surface area contributed by atoms with Gasteiger partial charge in [0.15, 0.2) is 11.5 Å². The van der Waals surface area contributed by atoms with Crippen molar-refractivity contribution in [3.63, 3.8) is 0 Å². The number of carbonyl (C=O) groups is 1.